The number of benzene rings is 1. The van der Waals surface area contributed by atoms with Crippen LogP contribution in [0.4, 0.5) is 0 Å². The van der Waals surface area contributed by atoms with Gasteiger partial charge in [-0.1, -0.05) is 32.0 Å². The van der Waals surface area contributed by atoms with Crippen molar-refractivity contribution in [3.05, 3.63) is 30.3 Å². The summed E-state index contributed by atoms with van der Waals surface area (Å²) in [5.74, 6) is 0. The molecule has 1 atom stereocenters. The molecule has 4 nitrogen and oxygen atoms in total. The van der Waals surface area contributed by atoms with Crippen LogP contribution in [0.2, 0.25) is 0 Å². The highest BCUT2D eigenvalue weighted by Crippen LogP contribution is 2.23. The summed E-state index contributed by atoms with van der Waals surface area (Å²) in [6, 6.07) is 9.06. The van der Waals surface area contributed by atoms with Gasteiger partial charge in [0, 0.05) is 19.1 Å². The second-order valence-electron chi connectivity index (χ2n) is 4.84. The Hall–Kier alpha value is -0.910. The van der Waals surface area contributed by atoms with E-state index in [-0.39, 0.29) is 0 Å². The van der Waals surface area contributed by atoms with Gasteiger partial charge in [-0.3, -0.25) is 4.90 Å². The summed E-state index contributed by atoms with van der Waals surface area (Å²) in [5.41, 5.74) is 0. The van der Waals surface area contributed by atoms with Gasteiger partial charge in [0.2, 0.25) is 10.0 Å². The Balaban J connectivity index is 2.13. The third kappa shape index (κ3) is 2.99. The van der Waals surface area contributed by atoms with Crippen molar-refractivity contribution in [2.45, 2.75) is 31.2 Å². The summed E-state index contributed by atoms with van der Waals surface area (Å²) in [6.45, 7) is 7.42. The first-order valence-corrected chi connectivity index (χ1v) is 8.32. The lowest BCUT2D eigenvalue weighted by Crippen LogP contribution is -2.38. The van der Waals surface area contributed by atoms with Gasteiger partial charge in [0.25, 0.3) is 0 Å². The number of rotatable bonds is 5. The van der Waals surface area contributed by atoms with Gasteiger partial charge in [-0.15, -0.1) is 0 Å². The van der Waals surface area contributed by atoms with Gasteiger partial charge in [0.1, 0.15) is 0 Å². The molecule has 1 aliphatic heterocycles. The van der Waals surface area contributed by atoms with Crippen LogP contribution >= 0.6 is 0 Å². The summed E-state index contributed by atoms with van der Waals surface area (Å²) in [6.07, 6.45) is 0.924. The van der Waals surface area contributed by atoms with Gasteiger partial charge in [0.15, 0.2) is 0 Å². The number of sulfonamides is 1. The maximum atomic E-state index is 12.5. The standard InChI is InChI=1S/C14H22N2O2S/c1-3-15(4-2)13-10-11-16(12-13)19(17,18)14-8-6-5-7-9-14/h5-9,13H,3-4,10-12H2,1-2H3. The number of hydrogen-bond acceptors (Lipinski definition) is 3. The van der Waals surface area contributed by atoms with E-state index in [1.165, 1.54) is 0 Å². The molecule has 0 saturated carbocycles. The van der Waals surface area contributed by atoms with Crippen LogP contribution in [0.5, 0.6) is 0 Å². The molecule has 1 heterocycles. The van der Waals surface area contributed by atoms with Crippen molar-refractivity contribution in [1.82, 2.24) is 9.21 Å². The molecule has 0 N–H and O–H groups in total. The topological polar surface area (TPSA) is 40.6 Å². The van der Waals surface area contributed by atoms with Crippen LogP contribution in [0.3, 0.4) is 0 Å². The minimum Gasteiger partial charge on any atom is -0.300 e. The largest absolute Gasteiger partial charge is 0.300 e. The monoisotopic (exact) mass is 282 g/mol. The Bertz CT molecular complexity index is 497. The Kier molecular flexibility index (Phi) is 4.60. The van der Waals surface area contributed by atoms with Crippen molar-refractivity contribution >= 4 is 10.0 Å². The van der Waals surface area contributed by atoms with Crippen LogP contribution in [0.1, 0.15) is 20.3 Å². The molecule has 0 aromatic heterocycles. The van der Waals surface area contributed by atoms with Crippen molar-refractivity contribution in [3.63, 3.8) is 0 Å². The van der Waals surface area contributed by atoms with Crippen LogP contribution in [0.25, 0.3) is 0 Å². The molecule has 19 heavy (non-hydrogen) atoms. The molecule has 1 aromatic carbocycles. The van der Waals surface area contributed by atoms with Crippen molar-refractivity contribution in [1.29, 1.82) is 0 Å². The third-order valence-corrected chi connectivity index (χ3v) is 5.72. The molecule has 0 bridgehead atoms. The second kappa shape index (κ2) is 6.03. The molecule has 1 saturated heterocycles. The van der Waals surface area contributed by atoms with Crippen LogP contribution < -0.4 is 0 Å². The Morgan fingerprint density at radius 1 is 1.21 bits per heavy atom. The average Bonchev–Trinajstić information content (AvgIpc) is 2.92. The first kappa shape index (κ1) is 14.5. The fraction of sp³-hybridized carbons (Fsp3) is 0.571. The van der Waals surface area contributed by atoms with Crippen LogP contribution in [-0.4, -0.2) is 49.8 Å². The molecule has 0 spiro atoms. The molecule has 1 fully saturated rings. The van der Waals surface area contributed by atoms with Gasteiger partial charge in [-0.25, -0.2) is 8.42 Å². The minimum atomic E-state index is -3.31. The molecular weight excluding hydrogens is 260 g/mol. The van der Waals surface area contributed by atoms with E-state index >= 15 is 0 Å². The van der Waals surface area contributed by atoms with Crippen LogP contribution in [0, 0.1) is 0 Å². The quantitative estimate of drug-likeness (QED) is 0.827. The number of nitrogens with zero attached hydrogens (tertiary/aromatic N) is 2. The molecular formula is C14H22N2O2S. The summed E-state index contributed by atoms with van der Waals surface area (Å²) >= 11 is 0. The second-order valence-corrected chi connectivity index (χ2v) is 6.78. The highest BCUT2D eigenvalue weighted by Gasteiger charge is 2.34. The van der Waals surface area contributed by atoms with E-state index in [1.807, 2.05) is 6.07 Å². The summed E-state index contributed by atoms with van der Waals surface area (Å²) in [4.78, 5) is 2.73. The third-order valence-electron chi connectivity index (χ3n) is 3.84. The average molecular weight is 282 g/mol. The maximum Gasteiger partial charge on any atom is 0.243 e. The predicted octanol–water partition coefficient (Wildman–Crippen LogP) is 1.79. The summed E-state index contributed by atoms with van der Waals surface area (Å²) in [7, 11) is -3.31. The van der Waals surface area contributed by atoms with E-state index < -0.39 is 10.0 Å². The van der Waals surface area contributed by atoms with E-state index in [2.05, 4.69) is 18.7 Å². The lowest BCUT2D eigenvalue weighted by molar-refractivity contribution is 0.224. The molecule has 2 rings (SSSR count). The molecule has 0 amide bonds. The molecule has 1 aromatic rings. The lowest BCUT2D eigenvalue weighted by atomic mass is 10.2. The molecule has 1 aliphatic rings. The molecule has 0 radical (unpaired) electrons. The predicted molar refractivity (Wildman–Crippen MR) is 76.5 cm³/mol. The van der Waals surface area contributed by atoms with E-state index in [0.717, 1.165) is 19.5 Å². The van der Waals surface area contributed by atoms with Crippen LogP contribution in [0.15, 0.2) is 35.2 Å². The van der Waals surface area contributed by atoms with Gasteiger partial charge < -0.3 is 0 Å². The van der Waals surface area contributed by atoms with E-state index in [4.69, 9.17) is 0 Å². The fourth-order valence-corrected chi connectivity index (χ4v) is 4.22. The zero-order valence-electron chi connectivity index (χ0n) is 11.6. The highest BCUT2D eigenvalue weighted by molar-refractivity contribution is 7.89. The molecule has 106 valence electrons. The number of hydrogen-bond donors (Lipinski definition) is 0. The molecule has 0 aliphatic carbocycles. The van der Waals surface area contributed by atoms with Crippen molar-refractivity contribution in [2.75, 3.05) is 26.2 Å². The molecule has 5 heteroatoms. The first-order chi connectivity index (χ1) is 9.09. The maximum absolute atomic E-state index is 12.5. The zero-order valence-corrected chi connectivity index (χ0v) is 12.4. The van der Waals surface area contributed by atoms with Crippen molar-refractivity contribution < 1.29 is 8.42 Å². The SMILES string of the molecule is CCN(CC)C1CCN(S(=O)(=O)c2ccccc2)C1. The Morgan fingerprint density at radius 2 is 1.84 bits per heavy atom. The van der Waals surface area contributed by atoms with Gasteiger partial charge in [0.05, 0.1) is 4.90 Å². The summed E-state index contributed by atoms with van der Waals surface area (Å²) < 4.78 is 26.6. The Morgan fingerprint density at radius 3 is 2.42 bits per heavy atom. The van der Waals surface area contributed by atoms with Crippen molar-refractivity contribution in [2.24, 2.45) is 0 Å². The van der Waals surface area contributed by atoms with Crippen molar-refractivity contribution in [3.8, 4) is 0 Å². The zero-order chi connectivity index (χ0) is 13.9. The van der Waals surface area contributed by atoms with Gasteiger partial charge >= 0.3 is 0 Å². The van der Waals surface area contributed by atoms with Crippen LogP contribution in [-0.2, 0) is 10.0 Å². The molecule has 1 unspecified atom stereocenters. The first-order valence-electron chi connectivity index (χ1n) is 6.88. The number of likely N-dealkylation sites (N-methyl/N-ethyl adjacent to an activating group) is 1. The lowest BCUT2D eigenvalue weighted by Gasteiger charge is -2.26. The van der Waals surface area contributed by atoms with Gasteiger partial charge in [-0.05, 0) is 31.6 Å². The van der Waals surface area contributed by atoms with E-state index in [1.54, 1.807) is 28.6 Å². The fourth-order valence-electron chi connectivity index (χ4n) is 2.71. The smallest absolute Gasteiger partial charge is 0.243 e. The summed E-state index contributed by atoms with van der Waals surface area (Å²) in [5, 5.41) is 0. The van der Waals surface area contributed by atoms with E-state index in [9.17, 15) is 8.42 Å². The Labute approximate surface area is 116 Å². The highest BCUT2D eigenvalue weighted by atomic mass is 32.2. The normalized spacial score (nSPS) is 21.1. The minimum absolute atomic E-state index is 0.355. The van der Waals surface area contributed by atoms with Gasteiger partial charge in [-0.2, -0.15) is 4.31 Å². The van der Waals surface area contributed by atoms with E-state index in [0.29, 0.717) is 24.0 Å².